The third kappa shape index (κ3) is 3.43. The van der Waals surface area contributed by atoms with Gasteiger partial charge in [0.05, 0.1) is 17.8 Å². The molecule has 0 radical (unpaired) electrons. The number of aliphatic hydroxyl groups excluding tert-OH is 1. The van der Waals surface area contributed by atoms with Crippen molar-refractivity contribution in [1.29, 1.82) is 0 Å². The predicted octanol–water partition coefficient (Wildman–Crippen LogP) is 0.734. The van der Waals surface area contributed by atoms with Gasteiger partial charge in [-0.2, -0.15) is 0 Å². The Labute approximate surface area is 120 Å². The fraction of sp³-hybridized carbons (Fsp3) is 0.462. The molecule has 0 spiro atoms. The van der Waals surface area contributed by atoms with Crippen molar-refractivity contribution in [2.45, 2.75) is 39.0 Å². The Bertz CT molecular complexity index is 662. The molecule has 108 valence electrons. The van der Waals surface area contributed by atoms with Gasteiger partial charge in [0.2, 0.25) is 5.91 Å². The number of aliphatic hydroxyl groups is 1. The fourth-order valence-corrected chi connectivity index (χ4v) is 2.78. The predicted molar refractivity (Wildman–Crippen MR) is 77.8 cm³/mol. The summed E-state index contributed by atoms with van der Waals surface area (Å²) in [5.41, 5.74) is -0.213. The fourth-order valence-electron chi connectivity index (χ4n) is 2.05. The second-order valence-corrected chi connectivity index (χ2v) is 5.76. The lowest BCUT2D eigenvalue weighted by Gasteiger charge is -2.15. The number of aromatic nitrogens is 2. The minimum absolute atomic E-state index is 0.0677. The lowest BCUT2D eigenvalue weighted by Crippen LogP contribution is -2.38. The third-order valence-electron chi connectivity index (χ3n) is 2.87. The molecule has 0 aliphatic rings. The summed E-state index contributed by atoms with van der Waals surface area (Å²) in [6.45, 7) is 3.41. The van der Waals surface area contributed by atoms with Gasteiger partial charge in [0.1, 0.15) is 11.4 Å². The van der Waals surface area contributed by atoms with E-state index >= 15 is 0 Å². The zero-order chi connectivity index (χ0) is 14.7. The molecule has 6 nitrogen and oxygen atoms in total. The van der Waals surface area contributed by atoms with Crippen LogP contribution in [-0.2, 0) is 11.3 Å². The molecule has 0 saturated carbocycles. The number of carbonyl (C=O) groups is 1. The van der Waals surface area contributed by atoms with E-state index in [0.29, 0.717) is 16.6 Å². The van der Waals surface area contributed by atoms with Gasteiger partial charge >= 0.3 is 0 Å². The van der Waals surface area contributed by atoms with Crippen molar-refractivity contribution < 1.29 is 9.90 Å². The zero-order valence-corrected chi connectivity index (χ0v) is 12.2. The van der Waals surface area contributed by atoms with Crippen LogP contribution in [0.1, 0.15) is 20.3 Å². The number of carbonyl (C=O) groups excluding carboxylic acids is 1. The maximum atomic E-state index is 12.1. The summed E-state index contributed by atoms with van der Waals surface area (Å²) in [7, 11) is 0. The average molecular weight is 295 g/mol. The molecular formula is C13H17N3O3S. The highest BCUT2D eigenvalue weighted by molar-refractivity contribution is 7.16. The summed E-state index contributed by atoms with van der Waals surface area (Å²) in [6, 6.07) is 1.57. The van der Waals surface area contributed by atoms with Crippen molar-refractivity contribution in [2.75, 3.05) is 0 Å². The van der Waals surface area contributed by atoms with Crippen molar-refractivity contribution in [3.8, 4) is 0 Å². The number of hydrogen-bond acceptors (Lipinski definition) is 5. The second kappa shape index (κ2) is 6.15. The first kappa shape index (κ1) is 14.7. The first-order chi connectivity index (χ1) is 9.47. The maximum Gasteiger partial charge on any atom is 0.262 e. The Morgan fingerprint density at radius 3 is 3.00 bits per heavy atom. The van der Waals surface area contributed by atoms with Crippen LogP contribution >= 0.6 is 11.3 Å². The Morgan fingerprint density at radius 2 is 2.30 bits per heavy atom. The Hall–Kier alpha value is -1.73. The molecule has 0 aliphatic carbocycles. The van der Waals surface area contributed by atoms with Crippen molar-refractivity contribution in [2.24, 2.45) is 0 Å². The molecule has 2 aromatic rings. The first-order valence-electron chi connectivity index (χ1n) is 6.37. The van der Waals surface area contributed by atoms with Crippen LogP contribution in [-0.4, -0.2) is 32.7 Å². The van der Waals surface area contributed by atoms with Crippen LogP contribution in [0.4, 0.5) is 0 Å². The molecule has 2 rings (SSSR count). The second-order valence-electron chi connectivity index (χ2n) is 4.87. The smallest absolute Gasteiger partial charge is 0.262 e. The van der Waals surface area contributed by atoms with Gasteiger partial charge in [-0.05, 0) is 31.7 Å². The van der Waals surface area contributed by atoms with Crippen LogP contribution in [0, 0.1) is 0 Å². The number of hydrogen-bond donors (Lipinski definition) is 2. The highest BCUT2D eigenvalue weighted by atomic mass is 32.1. The van der Waals surface area contributed by atoms with E-state index in [0.717, 1.165) is 0 Å². The molecule has 0 bridgehead atoms. The molecule has 0 aromatic carbocycles. The molecule has 1 amide bonds. The van der Waals surface area contributed by atoms with E-state index in [4.69, 9.17) is 0 Å². The quantitative estimate of drug-likeness (QED) is 0.852. The molecular weight excluding hydrogens is 278 g/mol. The van der Waals surface area contributed by atoms with Gasteiger partial charge in [-0.25, -0.2) is 4.98 Å². The van der Waals surface area contributed by atoms with Crippen molar-refractivity contribution in [3.05, 3.63) is 28.1 Å². The summed E-state index contributed by atoms with van der Waals surface area (Å²) in [5, 5.41) is 14.3. The number of amides is 1. The maximum absolute atomic E-state index is 12.1. The molecule has 0 aliphatic heterocycles. The zero-order valence-electron chi connectivity index (χ0n) is 11.4. The van der Waals surface area contributed by atoms with Gasteiger partial charge < -0.3 is 10.4 Å². The van der Waals surface area contributed by atoms with E-state index in [1.54, 1.807) is 18.4 Å². The van der Waals surface area contributed by atoms with Crippen LogP contribution in [0.3, 0.4) is 0 Å². The molecule has 7 heteroatoms. The molecule has 2 N–H and O–H groups in total. The minimum Gasteiger partial charge on any atom is -0.393 e. The molecule has 0 saturated heterocycles. The average Bonchev–Trinajstić information content (AvgIpc) is 2.80. The van der Waals surface area contributed by atoms with Crippen molar-refractivity contribution >= 4 is 27.5 Å². The molecule has 20 heavy (non-hydrogen) atoms. The van der Waals surface area contributed by atoms with Crippen LogP contribution < -0.4 is 10.9 Å². The van der Waals surface area contributed by atoms with Gasteiger partial charge in [0, 0.05) is 6.04 Å². The van der Waals surface area contributed by atoms with Gasteiger partial charge in [0.25, 0.3) is 5.56 Å². The van der Waals surface area contributed by atoms with Crippen molar-refractivity contribution in [3.63, 3.8) is 0 Å². The number of fused-ring (bicyclic) bond motifs is 1. The van der Waals surface area contributed by atoms with E-state index in [2.05, 4.69) is 10.3 Å². The molecule has 0 fully saturated rings. The summed E-state index contributed by atoms with van der Waals surface area (Å²) < 4.78 is 1.29. The Morgan fingerprint density at radius 1 is 1.55 bits per heavy atom. The van der Waals surface area contributed by atoms with Crippen LogP contribution in [0.2, 0.25) is 0 Å². The summed E-state index contributed by atoms with van der Waals surface area (Å²) in [4.78, 5) is 28.8. The monoisotopic (exact) mass is 295 g/mol. The van der Waals surface area contributed by atoms with Gasteiger partial charge in [0.15, 0.2) is 0 Å². The SMILES string of the molecule is CC(O)CC(C)NC(=O)Cn1cnc2sccc2c1=O. The highest BCUT2D eigenvalue weighted by Crippen LogP contribution is 2.13. The Kier molecular flexibility index (Phi) is 4.51. The topological polar surface area (TPSA) is 84.2 Å². The van der Waals surface area contributed by atoms with E-state index in [9.17, 15) is 14.7 Å². The molecule has 2 unspecified atom stereocenters. The molecule has 2 atom stereocenters. The van der Waals surface area contributed by atoms with Crippen LogP contribution in [0.5, 0.6) is 0 Å². The van der Waals surface area contributed by atoms with Crippen molar-refractivity contribution in [1.82, 2.24) is 14.9 Å². The van der Waals surface area contributed by atoms with Gasteiger partial charge in [-0.1, -0.05) is 0 Å². The van der Waals surface area contributed by atoms with E-state index in [1.807, 2.05) is 6.92 Å². The van der Waals surface area contributed by atoms with E-state index in [-0.39, 0.29) is 24.1 Å². The van der Waals surface area contributed by atoms with Gasteiger partial charge in [-0.15, -0.1) is 11.3 Å². The van der Waals surface area contributed by atoms with Crippen LogP contribution in [0.15, 0.2) is 22.6 Å². The Balaban J connectivity index is 2.06. The summed E-state index contributed by atoms with van der Waals surface area (Å²) in [6.07, 6.45) is 1.39. The van der Waals surface area contributed by atoms with Gasteiger partial charge in [-0.3, -0.25) is 14.2 Å². The number of nitrogens with one attached hydrogen (secondary N) is 1. The lowest BCUT2D eigenvalue weighted by molar-refractivity contribution is -0.122. The largest absolute Gasteiger partial charge is 0.393 e. The summed E-state index contributed by atoms with van der Waals surface area (Å²) >= 11 is 1.39. The van der Waals surface area contributed by atoms with E-state index < -0.39 is 6.10 Å². The number of thiophene rings is 1. The normalized spacial score (nSPS) is 14.2. The first-order valence-corrected chi connectivity index (χ1v) is 7.25. The lowest BCUT2D eigenvalue weighted by atomic mass is 10.1. The van der Waals surface area contributed by atoms with E-state index in [1.165, 1.54) is 22.2 Å². The molecule has 2 aromatic heterocycles. The third-order valence-corrected chi connectivity index (χ3v) is 3.69. The highest BCUT2D eigenvalue weighted by Gasteiger charge is 2.12. The molecule has 2 heterocycles. The number of nitrogens with zero attached hydrogens (tertiary/aromatic N) is 2. The minimum atomic E-state index is -0.475. The number of rotatable bonds is 5. The van der Waals surface area contributed by atoms with Crippen LogP contribution in [0.25, 0.3) is 10.2 Å². The standard InChI is InChI=1S/C13H17N3O3S/c1-8(5-9(2)17)15-11(18)6-16-7-14-12-10(13(16)19)3-4-20-12/h3-4,7-9,17H,5-6H2,1-2H3,(H,15,18). The summed E-state index contributed by atoms with van der Waals surface area (Å²) in [5.74, 6) is -0.267.